The van der Waals surface area contributed by atoms with E-state index in [0.29, 0.717) is 6.42 Å². The summed E-state index contributed by atoms with van der Waals surface area (Å²) in [5.41, 5.74) is 1.38. The number of nitrogens with one attached hydrogen (secondary N) is 1. The number of ether oxygens (including phenoxy) is 3. The highest BCUT2D eigenvalue weighted by molar-refractivity contribution is 5.96. The molecule has 0 unspecified atom stereocenters. The number of aromatic carboxylic acids is 1. The molecular formula is C20H23NO6. The maximum absolute atomic E-state index is 12.3. The SMILES string of the molecule is COc1ccc(CCCC(=O)Nc2cc(C(=O)O)cc(OC)c2OC)cc1. The second-order valence-electron chi connectivity index (χ2n) is 5.81. The molecule has 7 heteroatoms. The summed E-state index contributed by atoms with van der Waals surface area (Å²) in [7, 11) is 4.45. The fourth-order valence-corrected chi connectivity index (χ4v) is 2.64. The predicted molar refractivity (Wildman–Crippen MR) is 101 cm³/mol. The van der Waals surface area contributed by atoms with Crippen molar-refractivity contribution in [2.75, 3.05) is 26.6 Å². The molecule has 0 atom stereocenters. The van der Waals surface area contributed by atoms with E-state index in [2.05, 4.69) is 5.32 Å². The smallest absolute Gasteiger partial charge is 0.335 e. The van der Waals surface area contributed by atoms with Gasteiger partial charge in [-0.15, -0.1) is 0 Å². The molecule has 0 fully saturated rings. The van der Waals surface area contributed by atoms with E-state index in [1.54, 1.807) is 7.11 Å². The third-order valence-electron chi connectivity index (χ3n) is 4.03. The standard InChI is InChI=1S/C20H23NO6/c1-25-15-9-7-13(8-10-15)5-4-6-18(22)21-16-11-14(20(23)24)12-17(26-2)19(16)27-3/h7-12H,4-6H2,1-3H3,(H,21,22)(H,23,24). The van der Waals surface area contributed by atoms with Crippen molar-refractivity contribution in [1.82, 2.24) is 0 Å². The van der Waals surface area contributed by atoms with Gasteiger partial charge in [-0.25, -0.2) is 4.79 Å². The van der Waals surface area contributed by atoms with E-state index < -0.39 is 5.97 Å². The van der Waals surface area contributed by atoms with Crippen LogP contribution in [-0.4, -0.2) is 38.3 Å². The van der Waals surface area contributed by atoms with Gasteiger partial charge in [0.1, 0.15) is 5.75 Å². The van der Waals surface area contributed by atoms with Crippen molar-refractivity contribution < 1.29 is 28.9 Å². The lowest BCUT2D eigenvalue weighted by molar-refractivity contribution is -0.116. The van der Waals surface area contributed by atoms with Gasteiger partial charge < -0.3 is 24.6 Å². The summed E-state index contributed by atoms with van der Waals surface area (Å²) >= 11 is 0. The van der Waals surface area contributed by atoms with E-state index in [9.17, 15) is 14.7 Å². The van der Waals surface area contributed by atoms with Crippen LogP contribution in [0, 0.1) is 0 Å². The number of carboxylic acids is 1. The van der Waals surface area contributed by atoms with Gasteiger partial charge in [-0.1, -0.05) is 12.1 Å². The molecule has 27 heavy (non-hydrogen) atoms. The van der Waals surface area contributed by atoms with Gasteiger partial charge in [0, 0.05) is 6.42 Å². The van der Waals surface area contributed by atoms with Crippen LogP contribution in [0.25, 0.3) is 0 Å². The zero-order chi connectivity index (χ0) is 19.8. The topological polar surface area (TPSA) is 94.1 Å². The van der Waals surface area contributed by atoms with Crippen LogP contribution in [0.2, 0.25) is 0 Å². The summed E-state index contributed by atoms with van der Waals surface area (Å²) in [5.74, 6) is -0.0369. The minimum Gasteiger partial charge on any atom is -0.497 e. The number of carbonyl (C=O) groups is 2. The average molecular weight is 373 g/mol. The highest BCUT2D eigenvalue weighted by Gasteiger charge is 2.17. The zero-order valence-electron chi connectivity index (χ0n) is 15.6. The van der Waals surface area contributed by atoms with Gasteiger partial charge in [-0.05, 0) is 42.7 Å². The quantitative estimate of drug-likeness (QED) is 0.700. The molecule has 2 N–H and O–H groups in total. The molecule has 0 heterocycles. The number of rotatable bonds is 9. The van der Waals surface area contributed by atoms with Gasteiger partial charge in [-0.2, -0.15) is 0 Å². The average Bonchev–Trinajstić information content (AvgIpc) is 2.67. The van der Waals surface area contributed by atoms with Crippen LogP contribution in [0.4, 0.5) is 5.69 Å². The normalized spacial score (nSPS) is 10.2. The minimum absolute atomic E-state index is 0.00110. The molecule has 0 bridgehead atoms. The lowest BCUT2D eigenvalue weighted by Gasteiger charge is -2.15. The van der Waals surface area contributed by atoms with Gasteiger partial charge in [0.15, 0.2) is 11.5 Å². The van der Waals surface area contributed by atoms with Crippen LogP contribution in [0.1, 0.15) is 28.8 Å². The number of aryl methyl sites for hydroxylation is 1. The molecule has 0 aromatic heterocycles. The molecule has 0 saturated heterocycles. The highest BCUT2D eigenvalue weighted by atomic mass is 16.5. The van der Waals surface area contributed by atoms with E-state index in [4.69, 9.17) is 14.2 Å². The number of benzene rings is 2. The maximum Gasteiger partial charge on any atom is 0.335 e. The number of anilines is 1. The van der Waals surface area contributed by atoms with Crippen molar-refractivity contribution in [2.24, 2.45) is 0 Å². The summed E-state index contributed by atoms with van der Waals surface area (Å²) in [4.78, 5) is 23.5. The molecule has 0 aliphatic heterocycles. The molecule has 0 aliphatic carbocycles. The Kier molecular flexibility index (Phi) is 7.05. The number of amides is 1. The number of methoxy groups -OCH3 is 3. The van der Waals surface area contributed by atoms with Crippen LogP contribution < -0.4 is 19.5 Å². The Morgan fingerprint density at radius 2 is 1.70 bits per heavy atom. The van der Waals surface area contributed by atoms with Crippen molar-refractivity contribution in [3.63, 3.8) is 0 Å². The Bertz CT molecular complexity index is 801. The summed E-state index contributed by atoms with van der Waals surface area (Å²) < 4.78 is 15.5. The van der Waals surface area contributed by atoms with Gasteiger partial charge in [-0.3, -0.25) is 4.79 Å². The second-order valence-corrected chi connectivity index (χ2v) is 5.81. The molecule has 7 nitrogen and oxygen atoms in total. The van der Waals surface area contributed by atoms with Gasteiger partial charge in [0.2, 0.25) is 5.91 Å². The molecule has 2 aromatic rings. The molecule has 0 spiro atoms. The Morgan fingerprint density at radius 3 is 2.26 bits per heavy atom. The first-order valence-corrected chi connectivity index (χ1v) is 8.40. The van der Waals surface area contributed by atoms with E-state index >= 15 is 0 Å². The Hall–Kier alpha value is -3.22. The molecular weight excluding hydrogens is 350 g/mol. The van der Waals surface area contributed by atoms with Crippen LogP contribution in [0.5, 0.6) is 17.2 Å². The van der Waals surface area contributed by atoms with E-state index in [-0.39, 0.29) is 35.1 Å². The second kappa shape index (κ2) is 9.47. The third kappa shape index (κ3) is 5.37. The number of hydrogen-bond donors (Lipinski definition) is 2. The number of carboxylic acid groups (broad SMARTS) is 1. The summed E-state index contributed by atoms with van der Waals surface area (Å²) in [6.45, 7) is 0. The van der Waals surface area contributed by atoms with E-state index in [1.165, 1.54) is 26.4 Å². The summed E-state index contributed by atoms with van der Waals surface area (Å²) in [6.07, 6.45) is 1.68. The summed E-state index contributed by atoms with van der Waals surface area (Å²) in [5, 5.41) is 11.9. The molecule has 2 aromatic carbocycles. The Morgan fingerprint density at radius 1 is 1.00 bits per heavy atom. The Labute approximate surface area is 157 Å². The first-order chi connectivity index (χ1) is 13.0. The highest BCUT2D eigenvalue weighted by Crippen LogP contribution is 2.36. The van der Waals surface area contributed by atoms with Gasteiger partial charge in [0.05, 0.1) is 32.6 Å². The Balaban J connectivity index is 2.01. The predicted octanol–water partition coefficient (Wildman–Crippen LogP) is 3.37. The van der Waals surface area contributed by atoms with Crippen molar-refractivity contribution in [3.8, 4) is 17.2 Å². The molecule has 0 aliphatic rings. The minimum atomic E-state index is -1.12. The summed E-state index contributed by atoms with van der Waals surface area (Å²) in [6, 6.07) is 10.4. The first-order valence-electron chi connectivity index (χ1n) is 8.40. The van der Waals surface area contributed by atoms with Crippen molar-refractivity contribution in [1.29, 1.82) is 0 Å². The lowest BCUT2D eigenvalue weighted by Crippen LogP contribution is -2.13. The van der Waals surface area contributed by atoms with Crippen LogP contribution in [0.15, 0.2) is 36.4 Å². The number of hydrogen-bond acceptors (Lipinski definition) is 5. The number of carbonyl (C=O) groups excluding carboxylic acids is 1. The zero-order valence-corrected chi connectivity index (χ0v) is 15.6. The monoisotopic (exact) mass is 373 g/mol. The van der Waals surface area contributed by atoms with Crippen LogP contribution in [-0.2, 0) is 11.2 Å². The molecule has 0 saturated carbocycles. The fourth-order valence-electron chi connectivity index (χ4n) is 2.64. The van der Waals surface area contributed by atoms with Crippen LogP contribution >= 0.6 is 0 Å². The molecule has 144 valence electrons. The maximum atomic E-state index is 12.3. The van der Waals surface area contributed by atoms with Gasteiger partial charge >= 0.3 is 5.97 Å². The third-order valence-corrected chi connectivity index (χ3v) is 4.03. The van der Waals surface area contributed by atoms with Crippen molar-refractivity contribution in [2.45, 2.75) is 19.3 Å². The lowest BCUT2D eigenvalue weighted by atomic mass is 10.1. The van der Waals surface area contributed by atoms with Crippen LogP contribution in [0.3, 0.4) is 0 Å². The molecule has 2 rings (SSSR count). The van der Waals surface area contributed by atoms with Crippen molar-refractivity contribution >= 4 is 17.6 Å². The molecule has 1 amide bonds. The largest absolute Gasteiger partial charge is 0.497 e. The van der Waals surface area contributed by atoms with E-state index in [1.807, 2.05) is 24.3 Å². The first kappa shape index (κ1) is 20.1. The van der Waals surface area contributed by atoms with Crippen molar-refractivity contribution in [3.05, 3.63) is 47.5 Å². The van der Waals surface area contributed by atoms with E-state index in [0.717, 1.165) is 17.7 Å². The fraction of sp³-hybridized carbons (Fsp3) is 0.300. The van der Waals surface area contributed by atoms with Gasteiger partial charge in [0.25, 0.3) is 0 Å². The molecule has 0 radical (unpaired) electrons.